The van der Waals surface area contributed by atoms with Gasteiger partial charge in [0.2, 0.25) is 0 Å². The van der Waals surface area contributed by atoms with Crippen molar-refractivity contribution in [3.63, 3.8) is 0 Å². The van der Waals surface area contributed by atoms with Crippen molar-refractivity contribution in [2.24, 2.45) is 0 Å². The van der Waals surface area contributed by atoms with E-state index < -0.39 is 31.0 Å². The average molecular weight is 463 g/mol. The van der Waals surface area contributed by atoms with Crippen molar-refractivity contribution >= 4 is 34.0 Å². The third-order valence-corrected chi connectivity index (χ3v) is 4.46. The minimum Gasteiger partial charge on any atom is -0.490 e. The molecule has 0 amide bonds. The van der Waals surface area contributed by atoms with Crippen LogP contribution in [0.2, 0.25) is 0 Å². The number of anilines is 2. The normalized spacial score (nSPS) is 13.0. The number of rotatable bonds is 6. The van der Waals surface area contributed by atoms with Gasteiger partial charge in [-0.2, -0.15) is 0 Å². The zero-order chi connectivity index (χ0) is 18.0. The second-order valence-corrected chi connectivity index (χ2v) is 6.71. The second-order valence-electron chi connectivity index (χ2n) is 5.47. The molecule has 0 radical (unpaired) electrons. The van der Waals surface area contributed by atoms with E-state index in [1.54, 1.807) is 12.1 Å². The van der Waals surface area contributed by atoms with Crippen molar-refractivity contribution in [3.05, 3.63) is 51.1 Å². The summed E-state index contributed by atoms with van der Waals surface area (Å²) in [7, 11) is 0. The average Bonchev–Trinajstić information content (AvgIpc) is 3.07. The molecule has 0 atom stereocenters. The third-order valence-electron chi connectivity index (χ3n) is 3.79. The first kappa shape index (κ1) is 18.3. The van der Waals surface area contributed by atoms with E-state index in [-0.39, 0.29) is 17.1 Å². The van der Waals surface area contributed by atoms with Crippen molar-refractivity contribution in [1.29, 1.82) is 0 Å². The summed E-state index contributed by atoms with van der Waals surface area (Å²) in [6.45, 7) is -0.644. The van der Waals surface area contributed by atoms with Crippen LogP contribution in [0.1, 0.15) is 5.56 Å². The van der Waals surface area contributed by atoms with Gasteiger partial charge < -0.3 is 14.9 Å². The molecular formula is C17H16F2INO4. The fourth-order valence-electron chi connectivity index (χ4n) is 2.52. The summed E-state index contributed by atoms with van der Waals surface area (Å²) >= 11 is 1.96. The van der Waals surface area contributed by atoms with E-state index in [4.69, 9.17) is 9.57 Å². The molecule has 0 aliphatic carbocycles. The molecule has 0 spiro atoms. The molecule has 1 heterocycles. The summed E-state index contributed by atoms with van der Waals surface area (Å²) in [5.74, 6) is -1.19. The molecule has 3 rings (SSSR count). The molecule has 2 N–H and O–H groups in total. The second kappa shape index (κ2) is 7.81. The molecule has 134 valence electrons. The van der Waals surface area contributed by atoms with Crippen LogP contribution in [-0.4, -0.2) is 36.1 Å². The monoisotopic (exact) mass is 463 g/mol. The molecule has 0 aromatic heterocycles. The van der Waals surface area contributed by atoms with Crippen LogP contribution >= 0.6 is 22.6 Å². The molecule has 2 aromatic carbocycles. The Hall–Kier alpha value is -1.49. The lowest BCUT2D eigenvalue weighted by atomic mass is 10.1. The summed E-state index contributed by atoms with van der Waals surface area (Å²) in [6, 6.07) is 7.52. The van der Waals surface area contributed by atoms with Crippen LogP contribution in [0.3, 0.4) is 0 Å². The molecule has 0 fully saturated rings. The molecule has 0 saturated heterocycles. The Labute approximate surface area is 156 Å². The van der Waals surface area contributed by atoms with Gasteiger partial charge in [0.25, 0.3) is 0 Å². The maximum atomic E-state index is 14.9. The first-order valence-electron chi connectivity index (χ1n) is 7.63. The predicted molar refractivity (Wildman–Crippen MR) is 95.9 cm³/mol. The van der Waals surface area contributed by atoms with Crippen LogP contribution in [0, 0.1) is 15.2 Å². The zero-order valence-electron chi connectivity index (χ0n) is 13.1. The van der Waals surface area contributed by atoms with E-state index in [1.165, 1.54) is 18.2 Å². The largest absolute Gasteiger partial charge is 0.490 e. The molecule has 0 unspecified atom stereocenters. The van der Waals surface area contributed by atoms with E-state index in [9.17, 15) is 19.0 Å². The number of benzene rings is 2. The van der Waals surface area contributed by atoms with E-state index in [0.717, 1.165) is 10.6 Å². The van der Waals surface area contributed by atoms with E-state index in [1.807, 2.05) is 22.6 Å². The van der Waals surface area contributed by atoms with Gasteiger partial charge >= 0.3 is 0 Å². The Morgan fingerprint density at radius 1 is 1.16 bits per heavy atom. The van der Waals surface area contributed by atoms with Gasteiger partial charge in [0.1, 0.15) is 23.3 Å². The standard InChI is InChI=1S/C17H16F2INO4/c18-13-7-11(20)2-4-14(13)21(25-12(8-22)9-23)15-3-1-10-5-6-24-17(10)16(15)19/h1-4,7,12,22-23H,5-6,8-9H2. The minimum absolute atomic E-state index is 0.0378. The van der Waals surface area contributed by atoms with Gasteiger partial charge in [-0.1, -0.05) is 6.07 Å². The smallest absolute Gasteiger partial charge is 0.191 e. The lowest BCUT2D eigenvalue weighted by Crippen LogP contribution is -2.32. The Morgan fingerprint density at radius 3 is 2.56 bits per heavy atom. The molecule has 5 nitrogen and oxygen atoms in total. The summed E-state index contributed by atoms with van der Waals surface area (Å²) < 4.78 is 35.3. The van der Waals surface area contributed by atoms with Crippen LogP contribution < -0.4 is 9.80 Å². The van der Waals surface area contributed by atoms with Gasteiger partial charge in [-0.15, -0.1) is 0 Å². The predicted octanol–water partition coefficient (Wildman–Crippen LogP) is 2.93. The van der Waals surface area contributed by atoms with Gasteiger partial charge in [0.05, 0.1) is 19.8 Å². The van der Waals surface area contributed by atoms with Crippen molar-refractivity contribution in [2.45, 2.75) is 12.5 Å². The van der Waals surface area contributed by atoms with E-state index in [0.29, 0.717) is 16.6 Å². The van der Waals surface area contributed by atoms with Crippen molar-refractivity contribution in [3.8, 4) is 5.75 Å². The molecule has 8 heteroatoms. The van der Waals surface area contributed by atoms with Crippen molar-refractivity contribution < 1.29 is 28.6 Å². The maximum absolute atomic E-state index is 14.9. The highest BCUT2D eigenvalue weighted by atomic mass is 127. The summed E-state index contributed by atoms with van der Waals surface area (Å²) in [5, 5.41) is 19.5. The number of fused-ring (bicyclic) bond motifs is 1. The quantitative estimate of drug-likeness (QED) is 0.510. The number of hydrogen-bond donors (Lipinski definition) is 2. The Kier molecular flexibility index (Phi) is 5.72. The number of hydrogen-bond acceptors (Lipinski definition) is 5. The molecule has 2 aromatic rings. The van der Waals surface area contributed by atoms with E-state index in [2.05, 4.69) is 0 Å². The number of ether oxygens (including phenoxy) is 1. The Bertz CT molecular complexity index is 771. The fourth-order valence-corrected chi connectivity index (χ4v) is 2.97. The van der Waals surface area contributed by atoms with Crippen LogP contribution in [0.4, 0.5) is 20.2 Å². The molecular weight excluding hydrogens is 447 g/mol. The van der Waals surface area contributed by atoms with Crippen LogP contribution in [0.25, 0.3) is 0 Å². The van der Waals surface area contributed by atoms with Gasteiger partial charge in [0.15, 0.2) is 11.6 Å². The maximum Gasteiger partial charge on any atom is 0.191 e. The highest BCUT2D eigenvalue weighted by Gasteiger charge is 2.27. The molecule has 1 aliphatic rings. The summed E-state index contributed by atoms with van der Waals surface area (Å²) in [6.07, 6.45) is -0.437. The SMILES string of the molecule is OCC(CO)ON(c1ccc(I)cc1F)c1ccc2c(c1F)OCC2. The van der Waals surface area contributed by atoms with Gasteiger partial charge in [0, 0.05) is 15.6 Å². The highest BCUT2D eigenvalue weighted by Crippen LogP contribution is 2.39. The molecule has 1 aliphatic heterocycles. The van der Waals surface area contributed by atoms with Gasteiger partial charge in [-0.05, 0) is 46.9 Å². The lowest BCUT2D eigenvalue weighted by molar-refractivity contribution is -0.0210. The number of aliphatic hydroxyl groups excluding tert-OH is 2. The molecule has 0 saturated carbocycles. The fraction of sp³-hybridized carbons (Fsp3) is 0.294. The van der Waals surface area contributed by atoms with Crippen molar-refractivity contribution in [1.82, 2.24) is 0 Å². The number of aliphatic hydroxyl groups is 2. The van der Waals surface area contributed by atoms with Crippen LogP contribution in [-0.2, 0) is 11.3 Å². The Balaban J connectivity index is 2.08. The van der Waals surface area contributed by atoms with Crippen molar-refractivity contribution in [2.75, 3.05) is 24.9 Å². The summed E-state index contributed by atoms with van der Waals surface area (Å²) in [4.78, 5) is 5.48. The highest BCUT2D eigenvalue weighted by molar-refractivity contribution is 14.1. The first-order valence-corrected chi connectivity index (χ1v) is 8.71. The van der Waals surface area contributed by atoms with Gasteiger partial charge in [-0.3, -0.25) is 4.84 Å². The van der Waals surface area contributed by atoms with Gasteiger partial charge in [-0.25, -0.2) is 13.8 Å². The number of nitrogens with zero attached hydrogens (tertiary/aromatic N) is 1. The third kappa shape index (κ3) is 3.71. The minimum atomic E-state index is -1.03. The Morgan fingerprint density at radius 2 is 1.88 bits per heavy atom. The topological polar surface area (TPSA) is 62.2 Å². The molecule has 0 bridgehead atoms. The lowest BCUT2D eigenvalue weighted by Gasteiger charge is -2.28. The molecule has 25 heavy (non-hydrogen) atoms. The van der Waals surface area contributed by atoms with E-state index >= 15 is 0 Å². The summed E-state index contributed by atoms with van der Waals surface area (Å²) in [5.41, 5.74) is 0.627. The first-order chi connectivity index (χ1) is 12.0. The van der Waals surface area contributed by atoms with Crippen LogP contribution in [0.5, 0.6) is 5.75 Å². The van der Waals surface area contributed by atoms with Crippen LogP contribution in [0.15, 0.2) is 30.3 Å². The zero-order valence-corrected chi connectivity index (χ0v) is 15.2. The number of halogens is 3.